The smallest absolute Gasteiger partial charge is 0.341 e. The zero-order valence-corrected chi connectivity index (χ0v) is 23.4. The van der Waals surface area contributed by atoms with Crippen molar-refractivity contribution in [2.45, 2.75) is 12.5 Å². The topological polar surface area (TPSA) is 193 Å². The van der Waals surface area contributed by atoms with Crippen LogP contribution in [0.3, 0.4) is 0 Å². The summed E-state index contributed by atoms with van der Waals surface area (Å²) < 4.78 is 16.8. The van der Waals surface area contributed by atoms with Crippen LogP contribution in [0.15, 0.2) is 100 Å². The number of carboxylic acid groups (broad SMARTS) is 3. The molecular weight excluding hydrogens is 574 g/mol. The third-order valence-electron chi connectivity index (χ3n) is 5.83. The number of nitrogens with one attached hydrogen (secondary N) is 1. The minimum absolute atomic E-state index is 0.0801. The first-order chi connectivity index (χ1) is 21.1. The molecule has 230 valence electrons. The van der Waals surface area contributed by atoms with E-state index in [0.717, 1.165) is 17.5 Å². The van der Waals surface area contributed by atoms with Crippen LogP contribution < -0.4 is 20.2 Å². The minimum Gasteiger partial charge on any atom is -0.491 e. The van der Waals surface area contributed by atoms with Crippen molar-refractivity contribution >= 4 is 28.9 Å². The predicted octanol–water partition coefficient (Wildman–Crippen LogP) is 3.21. The van der Waals surface area contributed by atoms with Crippen molar-refractivity contribution < 1.29 is 48.7 Å². The summed E-state index contributed by atoms with van der Waals surface area (Å²) >= 11 is 0. The van der Waals surface area contributed by atoms with Gasteiger partial charge in [0, 0.05) is 36.4 Å². The Kier molecular flexibility index (Phi) is 12.7. The molecule has 0 amide bonds. The Morgan fingerprint density at radius 2 is 1.50 bits per heavy atom. The van der Waals surface area contributed by atoms with Gasteiger partial charge in [-0.2, -0.15) is 0 Å². The predicted molar refractivity (Wildman–Crippen MR) is 160 cm³/mol. The summed E-state index contributed by atoms with van der Waals surface area (Å²) in [6, 6.07) is 23.1. The molecule has 1 atom stereocenters. The van der Waals surface area contributed by atoms with E-state index in [0.29, 0.717) is 53.5 Å². The van der Waals surface area contributed by atoms with Gasteiger partial charge >= 0.3 is 17.9 Å². The number of aliphatic carboxylic acids is 3. The van der Waals surface area contributed by atoms with Gasteiger partial charge < -0.3 is 39.6 Å². The Labute approximate surface area is 251 Å². The van der Waals surface area contributed by atoms with Crippen molar-refractivity contribution in [1.29, 1.82) is 0 Å². The Morgan fingerprint density at radius 3 is 2.14 bits per heavy atom. The molecule has 0 saturated carbocycles. The maximum Gasteiger partial charge on any atom is 0.341 e. The van der Waals surface area contributed by atoms with Gasteiger partial charge in [-0.25, -0.2) is 14.4 Å². The first-order valence-corrected chi connectivity index (χ1v) is 13.3. The Balaban J connectivity index is 0.000000583. The molecule has 0 radical (unpaired) electrons. The minimum atomic E-state index is -1.26. The number of aliphatic hydroxyl groups excluding tert-OH is 1. The number of ether oxygens (including phenoxy) is 2. The van der Waals surface area contributed by atoms with Gasteiger partial charge in [-0.3, -0.25) is 4.79 Å². The van der Waals surface area contributed by atoms with Gasteiger partial charge in [-0.1, -0.05) is 42.5 Å². The lowest BCUT2D eigenvalue weighted by molar-refractivity contribution is -0.139. The van der Waals surface area contributed by atoms with Gasteiger partial charge in [0.25, 0.3) is 0 Å². The quantitative estimate of drug-likeness (QED) is 0.104. The summed E-state index contributed by atoms with van der Waals surface area (Å²) in [5.74, 6) is -2.04. The number of rotatable bonds is 14. The van der Waals surface area contributed by atoms with Gasteiger partial charge in [-0.05, 0) is 42.8 Å². The van der Waals surface area contributed by atoms with E-state index in [1.807, 2.05) is 42.5 Å². The lowest BCUT2D eigenvalue weighted by Crippen LogP contribution is -2.32. The molecule has 0 aliphatic carbocycles. The SMILES string of the molecule is O=C(O)C=CC(=O)O.O=C(O)COc1ccc(CCNCC(O)COc2ccc3c(=O)cc(-c4ccccc4)oc3c2)cc1. The van der Waals surface area contributed by atoms with Crippen LogP contribution in [0, 0.1) is 0 Å². The molecule has 0 saturated heterocycles. The number of benzene rings is 3. The molecule has 5 N–H and O–H groups in total. The second kappa shape index (κ2) is 16.9. The molecule has 12 heteroatoms. The first kappa shape index (κ1) is 33.0. The molecule has 0 aliphatic heterocycles. The number of aliphatic hydroxyl groups is 1. The summed E-state index contributed by atoms with van der Waals surface area (Å²) in [5, 5.41) is 38.2. The molecule has 4 aromatic rings. The summed E-state index contributed by atoms with van der Waals surface area (Å²) in [6.07, 6.45) is 1.13. The molecule has 1 unspecified atom stereocenters. The third kappa shape index (κ3) is 11.4. The monoisotopic (exact) mass is 605 g/mol. The number of carbonyl (C=O) groups is 3. The highest BCUT2D eigenvalue weighted by Crippen LogP contribution is 2.25. The van der Waals surface area contributed by atoms with Crippen LogP contribution >= 0.6 is 0 Å². The average molecular weight is 606 g/mol. The molecule has 0 bridgehead atoms. The van der Waals surface area contributed by atoms with Crippen molar-refractivity contribution in [3.8, 4) is 22.8 Å². The molecule has 44 heavy (non-hydrogen) atoms. The molecule has 0 aliphatic rings. The van der Waals surface area contributed by atoms with Crippen LogP contribution in [0.2, 0.25) is 0 Å². The van der Waals surface area contributed by atoms with E-state index in [2.05, 4.69) is 5.32 Å². The first-order valence-electron chi connectivity index (χ1n) is 13.3. The van der Waals surface area contributed by atoms with Crippen molar-refractivity contribution in [3.63, 3.8) is 0 Å². The van der Waals surface area contributed by atoms with Gasteiger partial charge in [0.05, 0.1) is 5.39 Å². The van der Waals surface area contributed by atoms with Crippen LogP contribution in [0.4, 0.5) is 0 Å². The maximum absolute atomic E-state index is 12.5. The lowest BCUT2D eigenvalue weighted by Gasteiger charge is -2.14. The standard InChI is InChI=1S/C28H27NO7.C4H4O4/c30-21(16-29-13-12-19-6-8-22(9-7-19)35-18-28(32)33)17-34-23-10-11-24-25(31)15-26(36-27(24)14-23)20-4-2-1-3-5-20;5-3(6)1-2-4(7)8/h1-11,14-15,21,29-30H,12-13,16-18H2,(H,32,33);1-2H,(H,5,6)(H,7,8). The summed E-state index contributed by atoms with van der Waals surface area (Å²) in [4.78, 5) is 42.1. The van der Waals surface area contributed by atoms with Gasteiger partial charge in [-0.15, -0.1) is 0 Å². The Bertz CT molecular complexity index is 1610. The normalized spacial score (nSPS) is 11.4. The van der Waals surface area contributed by atoms with Gasteiger partial charge in [0.1, 0.15) is 35.6 Å². The second-order valence-corrected chi connectivity index (χ2v) is 9.25. The fraction of sp³-hybridized carbons (Fsp3) is 0.188. The molecule has 3 aromatic carbocycles. The third-order valence-corrected chi connectivity index (χ3v) is 5.83. The van der Waals surface area contributed by atoms with Crippen LogP contribution in [-0.4, -0.2) is 70.7 Å². The molecular formula is C32H31NO11. The van der Waals surface area contributed by atoms with Gasteiger partial charge in [0.15, 0.2) is 12.0 Å². The van der Waals surface area contributed by atoms with Crippen molar-refractivity contribution in [2.75, 3.05) is 26.3 Å². The zero-order valence-electron chi connectivity index (χ0n) is 23.4. The lowest BCUT2D eigenvalue weighted by atomic mass is 10.1. The molecule has 1 aromatic heterocycles. The van der Waals surface area contributed by atoms with E-state index in [1.54, 1.807) is 30.3 Å². The Morgan fingerprint density at radius 1 is 0.841 bits per heavy atom. The molecule has 1 heterocycles. The Hall–Kier alpha value is -5.46. The van der Waals surface area contributed by atoms with E-state index in [4.69, 9.17) is 29.2 Å². The fourth-order valence-electron chi connectivity index (χ4n) is 3.76. The highest BCUT2D eigenvalue weighted by Gasteiger charge is 2.10. The van der Waals surface area contributed by atoms with E-state index >= 15 is 0 Å². The summed E-state index contributed by atoms with van der Waals surface area (Å²) in [7, 11) is 0. The van der Waals surface area contributed by atoms with E-state index < -0.39 is 24.0 Å². The summed E-state index contributed by atoms with van der Waals surface area (Å²) in [5.41, 5.74) is 2.16. The van der Waals surface area contributed by atoms with Crippen LogP contribution in [0.25, 0.3) is 22.3 Å². The maximum atomic E-state index is 12.5. The second-order valence-electron chi connectivity index (χ2n) is 9.25. The van der Waals surface area contributed by atoms with E-state index in [9.17, 15) is 24.3 Å². The highest BCUT2D eigenvalue weighted by atomic mass is 16.5. The fourth-order valence-corrected chi connectivity index (χ4v) is 3.76. The number of fused-ring (bicyclic) bond motifs is 1. The van der Waals surface area contributed by atoms with E-state index in [1.165, 1.54) is 6.07 Å². The molecule has 12 nitrogen and oxygen atoms in total. The summed E-state index contributed by atoms with van der Waals surface area (Å²) in [6.45, 7) is 0.705. The van der Waals surface area contributed by atoms with Crippen LogP contribution in [0.5, 0.6) is 11.5 Å². The molecule has 0 fully saturated rings. The van der Waals surface area contributed by atoms with Crippen molar-refractivity contribution in [1.82, 2.24) is 5.32 Å². The van der Waals surface area contributed by atoms with Crippen molar-refractivity contribution in [2.24, 2.45) is 0 Å². The largest absolute Gasteiger partial charge is 0.491 e. The molecule has 0 spiro atoms. The number of hydrogen-bond acceptors (Lipinski definition) is 9. The van der Waals surface area contributed by atoms with Crippen LogP contribution in [-0.2, 0) is 20.8 Å². The van der Waals surface area contributed by atoms with Crippen molar-refractivity contribution in [3.05, 3.63) is 107 Å². The zero-order chi connectivity index (χ0) is 31.9. The van der Waals surface area contributed by atoms with E-state index in [-0.39, 0.29) is 18.6 Å². The average Bonchev–Trinajstić information content (AvgIpc) is 3.01. The number of carboxylic acids is 3. The highest BCUT2D eigenvalue weighted by molar-refractivity contribution is 5.89. The van der Waals surface area contributed by atoms with Crippen LogP contribution in [0.1, 0.15) is 5.56 Å². The van der Waals surface area contributed by atoms with Gasteiger partial charge in [0.2, 0.25) is 0 Å². The number of hydrogen-bond donors (Lipinski definition) is 5. The molecule has 4 rings (SSSR count).